The number of aromatic nitrogens is 10. The monoisotopic (exact) mass is 1680 g/mol. The summed E-state index contributed by atoms with van der Waals surface area (Å²) in [5.41, 5.74) is 14.1. The minimum absolute atomic E-state index is 0. The maximum atomic E-state index is 14.1. The van der Waals surface area contributed by atoms with Crippen LogP contribution in [0.2, 0.25) is 0 Å². The molecule has 7 N–H and O–H groups in total. The van der Waals surface area contributed by atoms with Crippen LogP contribution in [-0.2, 0) is 85.4 Å². The molecule has 4 aliphatic rings. The van der Waals surface area contributed by atoms with E-state index >= 15 is 0 Å². The van der Waals surface area contributed by atoms with Gasteiger partial charge in [-0.2, -0.15) is 18.7 Å². The van der Waals surface area contributed by atoms with Crippen molar-refractivity contribution in [3.63, 3.8) is 0 Å². The Kier molecular flexibility index (Phi) is 29.1. The fourth-order valence-corrected chi connectivity index (χ4v) is 14.8. The molecule has 7 aromatic rings. The highest BCUT2D eigenvalue weighted by Crippen LogP contribution is 2.42. The predicted octanol–water partition coefficient (Wildman–Crippen LogP) is -0.552. The molecule has 574 valence electrons. The second-order valence-corrected chi connectivity index (χ2v) is 29.4. The number of carbonyl (C=O) groups is 7. The van der Waals surface area contributed by atoms with E-state index < -0.39 is 81.8 Å². The normalized spacial score (nSPS) is 17.3. The van der Waals surface area contributed by atoms with E-state index in [0.717, 1.165) is 64.8 Å². The largest absolute Gasteiger partial charge is 1.00 e. The number of anilines is 2. The quantitative estimate of drug-likeness (QED) is 0.00574. The van der Waals surface area contributed by atoms with E-state index in [1.807, 2.05) is 54.9 Å². The van der Waals surface area contributed by atoms with Crippen LogP contribution in [0.3, 0.4) is 0 Å². The lowest BCUT2D eigenvalue weighted by atomic mass is 10.0. The average Bonchev–Trinajstić information content (AvgIpc) is 1.22. The summed E-state index contributed by atoms with van der Waals surface area (Å²) in [7, 11) is 1.56. The summed E-state index contributed by atoms with van der Waals surface area (Å²) in [5.74, 6) is -3.78. The molecule has 0 aliphatic carbocycles. The third-order valence-electron chi connectivity index (χ3n) is 15.8. The SMILES string of the molecule is CCO/N=C(\C(=O)NC1C(=O)N2C(C(=O)OCc3ccc(OC)cc3)=C(C[n+]3cccc4c3ncn4CCCCN=C([O-])OC(C)(C)C)CSC12)c1nsc(NC(=O)OC(C)(C)C)n1.CCO/N=C(\C(=O)NC1C(=O)N2C(C(=O)[O-])=C(C[n+]3cccc4c3ncn4CCCCN)CSC12)c1nsc(N)n1.Cl.[I-]. The summed E-state index contributed by atoms with van der Waals surface area (Å²) in [6.45, 7) is 16.9. The first-order valence-corrected chi connectivity index (χ1v) is 37.0. The molecule has 2 fully saturated rings. The van der Waals surface area contributed by atoms with Crippen LogP contribution in [0, 0.1) is 0 Å². The lowest BCUT2D eigenvalue weighted by Gasteiger charge is -2.50. The number of hydrogen-bond acceptors (Lipinski definition) is 30. The summed E-state index contributed by atoms with van der Waals surface area (Å²) in [6.07, 6.45) is 9.04. The summed E-state index contributed by atoms with van der Waals surface area (Å²) in [4.78, 5) is 127. The maximum Gasteiger partial charge on any atom is 0.414 e. The summed E-state index contributed by atoms with van der Waals surface area (Å²) < 4.78 is 37.6. The number of oxime groups is 2. The van der Waals surface area contributed by atoms with Gasteiger partial charge in [0.15, 0.2) is 5.13 Å². The van der Waals surface area contributed by atoms with Crippen molar-refractivity contribution in [1.29, 1.82) is 0 Å². The number of carbonyl (C=O) groups excluding carboxylic acids is 7. The van der Waals surface area contributed by atoms with E-state index in [9.17, 15) is 43.8 Å². The van der Waals surface area contributed by atoms with Crippen LogP contribution < -0.4 is 75.5 Å². The molecule has 35 nitrogen and oxygen atoms in total. The van der Waals surface area contributed by atoms with Gasteiger partial charge < -0.3 is 98.8 Å². The zero-order chi connectivity index (χ0) is 75.3. The predicted molar refractivity (Wildman–Crippen MR) is 390 cm³/mol. The number of thioether (sulfide) groups is 2. The van der Waals surface area contributed by atoms with E-state index in [4.69, 9.17) is 45.1 Å². The van der Waals surface area contributed by atoms with Gasteiger partial charge in [-0.1, -0.05) is 43.2 Å². The number of ether oxygens (including phenoxy) is 4. The molecule has 0 radical (unpaired) electrons. The number of imidazole rings is 2. The average molecular weight is 1690 g/mol. The molecule has 6 aromatic heterocycles. The Morgan fingerprint density at radius 3 is 1.71 bits per heavy atom. The first-order chi connectivity index (χ1) is 50.3. The number of halogens is 2. The van der Waals surface area contributed by atoms with Gasteiger partial charge in [0.2, 0.25) is 40.9 Å². The number of β-lactam (4-membered cyclic amide) rings is 2. The highest BCUT2D eigenvalue weighted by molar-refractivity contribution is 8.00. The number of carboxylic acids is 1. The van der Waals surface area contributed by atoms with Crippen molar-refractivity contribution in [2.24, 2.45) is 21.0 Å². The minimum atomic E-state index is -1.47. The van der Waals surface area contributed by atoms with Gasteiger partial charge in [0, 0.05) is 71.0 Å². The smallest absolute Gasteiger partial charge is 0.414 e. The van der Waals surface area contributed by atoms with Gasteiger partial charge in [-0.15, -0.1) is 35.9 Å². The number of aliphatic imine (C=N–C) groups is 1. The maximum absolute atomic E-state index is 14.1. The van der Waals surface area contributed by atoms with Gasteiger partial charge in [0.1, 0.15) is 89.9 Å². The Balaban J connectivity index is 0.000000290. The first-order valence-electron chi connectivity index (χ1n) is 33.4. The molecule has 2 saturated heterocycles. The van der Waals surface area contributed by atoms with Crippen molar-refractivity contribution in [2.75, 3.05) is 56.0 Å². The number of aliphatic carboxylic acids is 1. The van der Waals surface area contributed by atoms with E-state index in [2.05, 4.69) is 55.0 Å². The van der Waals surface area contributed by atoms with Crippen LogP contribution in [0.1, 0.15) is 98.3 Å². The molecule has 4 unspecified atom stereocenters. The fourth-order valence-electron chi connectivity index (χ4n) is 11.1. The van der Waals surface area contributed by atoms with E-state index in [0.29, 0.717) is 71.3 Å². The number of nitrogens with zero attached hydrogens (tertiary/aromatic N) is 15. The second-order valence-electron chi connectivity index (χ2n) is 25.7. The molecular formula is C66H81ClIN20O15S4-. The highest BCUT2D eigenvalue weighted by atomic mass is 127. The molecule has 0 spiro atoms. The molecule has 0 saturated carbocycles. The minimum Gasteiger partial charge on any atom is -1.00 e. The molecule has 0 bridgehead atoms. The molecule has 5 amide bonds. The number of rotatable bonds is 29. The molecule has 10 heterocycles. The lowest BCUT2D eigenvalue weighted by Crippen LogP contribution is -3.00. The summed E-state index contributed by atoms with van der Waals surface area (Å²) >= 11 is 4.40. The number of fused-ring (bicyclic) bond motifs is 4. The first kappa shape index (κ1) is 83.3. The zero-order valence-electron chi connectivity index (χ0n) is 59.8. The van der Waals surface area contributed by atoms with Gasteiger partial charge in [-0.25, -0.2) is 18.7 Å². The van der Waals surface area contributed by atoms with Gasteiger partial charge in [-0.05, 0) is 119 Å². The standard InChI is InChI=1S/C42H52N10O10S2.C24H28N10O5S2.ClH.HI/c1-9-60-48-29(32-46-38(64-49-32)47-40(57)62-42(5,6)7)34(53)45-30-35(54)52-31(37(55)59-22-25-14-16-27(58-8)17-15-25)26(23-63-36(30)52)21-50-20-12-13-28-33(50)44-24-51(28)19-11-10-18-43-39(56)61-41(2,3)4;1-2-39-30-15(18-29-24(26)41-31-18)20(35)28-16-21(36)34-17(23(37)38)13(11-40-22(16)34)10-32-9-5-6-14-19(32)27-12-33(14)8-4-3-7-25;;/h12-17,20,24,30,36H,9-11,18-19,21-23H2,1-8H3,(H2-,43,45,46,47,49,53,56,57);5-6,9,12,16,22H,2-4,7-8,10-11,25H2,1H3,(H3-,26,28,29,31,35,37,38);2*1H/p-1/b48-29-;30-15-;;. The fraction of sp³-hybridized carbons (Fsp3) is 0.455. The Morgan fingerprint density at radius 1 is 0.701 bits per heavy atom. The molecule has 1 aromatic carbocycles. The van der Waals surface area contributed by atoms with E-state index in [1.165, 1.54) is 28.4 Å². The van der Waals surface area contributed by atoms with Crippen molar-refractivity contribution < 1.29 is 106 Å². The Labute approximate surface area is 654 Å². The van der Waals surface area contributed by atoms with E-state index in [1.54, 1.807) is 99.4 Å². The Morgan fingerprint density at radius 2 is 1.21 bits per heavy atom. The van der Waals surface area contributed by atoms with Gasteiger partial charge in [0.25, 0.3) is 23.6 Å². The van der Waals surface area contributed by atoms with E-state index in [-0.39, 0.29) is 114 Å². The van der Waals surface area contributed by atoms with Crippen molar-refractivity contribution in [3.8, 4) is 5.75 Å². The number of pyridine rings is 2. The highest BCUT2D eigenvalue weighted by Gasteiger charge is 2.56. The molecule has 41 heteroatoms. The number of nitrogen functional groups attached to an aromatic ring is 1. The van der Waals surface area contributed by atoms with Crippen molar-refractivity contribution in [2.45, 2.75) is 148 Å². The summed E-state index contributed by atoms with van der Waals surface area (Å²) in [6, 6.07) is 12.7. The topological polar surface area (TPSA) is 448 Å². The number of nitrogens with one attached hydrogen (secondary N) is 3. The molecular weight excluding hydrogens is 1600 g/mol. The molecule has 4 atom stereocenters. The number of unbranched alkanes of at least 4 members (excludes halogenated alkanes) is 2. The van der Waals surface area contributed by atoms with Crippen LogP contribution in [-0.4, -0.2) is 186 Å². The van der Waals surface area contributed by atoms with Gasteiger partial charge in [0.05, 0.1) is 31.2 Å². The third-order valence-corrected chi connectivity index (χ3v) is 19.7. The van der Waals surface area contributed by atoms with Gasteiger partial charge >= 0.3 is 23.4 Å². The van der Waals surface area contributed by atoms with Crippen molar-refractivity contribution in [1.82, 2.24) is 58.3 Å². The second kappa shape index (κ2) is 37.4. The lowest BCUT2D eigenvalue weighted by molar-refractivity contribution is -0.665. The van der Waals surface area contributed by atoms with Crippen molar-refractivity contribution in [3.05, 3.63) is 113 Å². The molecule has 107 heavy (non-hydrogen) atoms. The van der Waals surface area contributed by atoms with Crippen LogP contribution in [0.15, 0.2) is 111 Å². The van der Waals surface area contributed by atoms with Crippen LogP contribution >= 0.6 is 59.0 Å². The zero-order valence-corrected chi connectivity index (χ0v) is 66.0. The number of amides is 5. The third kappa shape index (κ3) is 20.7. The number of benzene rings is 1. The number of esters is 1. The van der Waals surface area contributed by atoms with Gasteiger partial charge in [-0.3, -0.25) is 39.3 Å². The Bertz CT molecular complexity index is 4550. The number of hydrogen-bond donors (Lipinski definition) is 5. The van der Waals surface area contributed by atoms with Crippen LogP contribution in [0.4, 0.5) is 15.1 Å². The molecule has 11 rings (SSSR count). The Hall–Kier alpha value is -9.36. The number of methoxy groups -OCH3 is 1. The summed E-state index contributed by atoms with van der Waals surface area (Å²) in [5, 5.41) is 38.7. The van der Waals surface area contributed by atoms with Crippen LogP contribution in [0.5, 0.6) is 5.75 Å². The molecule has 4 aliphatic heterocycles. The van der Waals surface area contributed by atoms with Crippen LogP contribution in [0.25, 0.3) is 22.3 Å². The van der Waals surface area contributed by atoms with Crippen molar-refractivity contribution >= 4 is 151 Å². The number of nitrogens with two attached hydrogens (primary N) is 2. The number of aryl methyl sites for hydroxylation is 2. The number of carboxylic acid groups (broad SMARTS) is 1.